The second kappa shape index (κ2) is 13.9. The molecule has 0 heterocycles. The van der Waals surface area contributed by atoms with Crippen LogP contribution in [0.4, 0.5) is 0 Å². The van der Waals surface area contributed by atoms with Crippen molar-refractivity contribution in [3.8, 4) is 0 Å². The molecule has 142 valence electrons. The van der Waals surface area contributed by atoms with Gasteiger partial charge in [0.25, 0.3) is 0 Å². The zero-order valence-corrected chi connectivity index (χ0v) is 15.9. The van der Waals surface area contributed by atoms with Gasteiger partial charge < -0.3 is 15.2 Å². The van der Waals surface area contributed by atoms with Crippen molar-refractivity contribution < 1.29 is 14.3 Å². The Bertz CT molecular complexity index is 450. The molecule has 0 amide bonds. The third-order valence-electron chi connectivity index (χ3n) is 4.50. The molecule has 0 aliphatic carbocycles. The van der Waals surface area contributed by atoms with E-state index < -0.39 is 6.04 Å². The van der Waals surface area contributed by atoms with Crippen molar-refractivity contribution in [3.63, 3.8) is 0 Å². The first kappa shape index (κ1) is 21.7. The molecule has 1 aromatic carbocycles. The lowest BCUT2D eigenvalue weighted by Gasteiger charge is -2.11. The highest BCUT2D eigenvalue weighted by atomic mass is 16.5. The van der Waals surface area contributed by atoms with Crippen LogP contribution >= 0.6 is 0 Å². The zero-order chi connectivity index (χ0) is 18.3. The number of nitrogens with two attached hydrogens (primary N) is 1. The fraction of sp³-hybridized carbons (Fsp3) is 0.667. The van der Waals surface area contributed by atoms with Gasteiger partial charge in [0.2, 0.25) is 0 Å². The Labute approximate surface area is 153 Å². The number of ether oxygens (including phenoxy) is 2. The monoisotopic (exact) mass is 349 g/mol. The molecule has 0 aliphatic rings. The molecule has 0 aliphatic heterocycles. The number of hydrogen-bond donors (Lipinski definition) is 1. The average molecular weight is 350 g/mol. The summed E-state index contributed by atoms with van der Waals surface area (Å²) in [6, 6.07) is 9.23. The number of esters is 1. The number of methoxy groups -OCH3 is 1. The van der Waals surface area contributed by atoms with Crippen molar-refractivity contribution in [1.29, 1.82) is 0 Å². The molecule has 25 heavy (non-hydrogen) atoms. The predicted molar refractivity (Wildman–Crippen MR) is 102 cm³/mol. The molecular weight excluding hydrogens is 314 g/mol. The molecule has 0 radical (unpaired) electrons. The SMILES string of the molecule is COC(C)CCCCCCCCCOC(=O)[C@@H](N)Cc1ccccc1. The largest absolute Gasteiger partial charge is 0.465 e. The molecular formula is C21H35NO3. The van der Waals surface area contributed by atoms with Gasteiger partial charge in [-0.25, -0.2) is 0 Å². The third-order valence-corrected chi connectivity index (χ3v) is 4.50. The Morgan fingerprint density at radius 1 is 1.00 bits per heavy atom. The highest BCUT2D eigenvalue weighted by molar-refractivity contribution is 5.75. The van der Waals surface area contributed by atoms with Crippen molar-refractivity contribution in [2.24, 2.45) is 5.73 Å². The van der Waals surface area contributed by atoms with Crippen molar-refractivity contribution in [2.75, 3.05) is 13.7 Å². The summed E-state index contributed by atoms with van der Waals surface area (Å²) < 4.78 is 10.5. The first-order valence-electron chi connectivity index (χ1n) is 9.62. The number of rotatable bonds is 14. The Balaban J connectivity index is 1.94. The molecule has 4 nitrogen and oxygen atoms in total. The van der Waals surface area contributed by atoms with E-state index in [9.17, 15) is 4.79 Å². The summed E-state index contributed by atoms with van der Waals surface area (Å²) in [4.78, 5) is 11.9. The fourth-order valence-corrected chi connectivity index (χ4v) is 2.77. The van der Waals surface area contributed by atoms with Crippen LogP contribution in [-0.2, 0) is 20.7 Å². The van der Waals surface area contributed by atoms with Crippen LogP contribution in [0, 0.1) is 0 Å². The smallest absolute Gasteiger partial charge is 0.323 e. The lowest BCUT2D eigenvalue weighted by atomic mass is 10.1. The van der Waals surface area contributed by atoms with Crippen LogP contribution in [0.3, 0.4) is 0 Å². The third kappa shape index (κ3) is 11.0. The minimum atomic E-state index is -0.572. The van der Waals surface area contributed by atoms with Crippen molar-refractivity contribution >= 4 is 5.97 Å². The van der Waals surface area contributed by atoms with Crippen LogP contribution in [-0.4, -0.2) is 31.8 Å². The van der Waals surface area contributed by atoms with Gasteiger partial charge in [0, 0.05) is 7.11 Å². The topological polar surface area (TPSA) is 61.5 Å². The first-order chi connectivity index (χ1) is 12.1. The highest BCUT2D eigenvalue weighted by Crippen LogP contribution is 2.11. The van der Waals surface area contributed by atoms with Crippen LogP contribution in [0.25, 0.3) is 0 Å². The minimum Gasteiger partial charge on any atom is -0.465 e. The molecule has 0 fully saturated rings. The van der Waals surface area contributed by atoms with Gasteiger partial charge >= 0.3 is 5.97 Å². The molecule has 4 heteroatoms. The molecule has 1 unspecified atom stereocenters. The second-order valence-corrected chi connectivity index (χ2v) is 6.77. The molecule has 1 aromatic rings. The predicted octanol–water partition coefficient (Wildman–Crippen LogP) is 4.26. The van der Waals surface area contributed by atoms with Crippen molar-refractivity contribution in [3.05, 3.63) is 35.9 Å². The second-order valence-electron chi connectivity index (χ2n) is 6.77. The maximum Gasteiger partial charge on any atom is 0.323 e. The van der Waals surface area contributed by atoms with E-state index in [-0.39, 0.29) is 5.97 Å². The summed E-state index contributed by atoms with van der Waals surface area (Å²) in [5.74, 6) is -0.295. The summed E-state index contributed by atoms with van der Waals surface area (Å²) in [6.45, 7) is 2.60. The molecule has 0 saturated heterocycles. The summed E-state index contributed by atoms with van der Waals surface area (Å²) in [6.07, 6.45) is 10.3. The zero-order valence-electron chi connectivity index (χ0n) is 15.9. The summed E-state index contributed by atoms with van der Waals surface area (Å²) in [5, 5.41) is 0. The van der Waals surface area contributed by atoms with E-state index in [1.165, 1.54) is 32.1 Å². The van der Waals surface area contributed by atoms with E-state index in [2.05, 4.69) is 6.92 Å². The Morgan fingerprint density at radius 3 is 2.24 bits per heavy atom. The lowest BCUT2D eigenvalue weighted by molar-refractivity contribution is -0.145. The number of benzene rings is 1. The first-order valence-corrected chi connectivity index (χ1v) is 9.62. The standard InChI is InChI=1S/C21H35NO3/c1-18(24-2)13-9-6-4-3-5-7-12-16-25-21(23)20(22)17-19-14-10-8-11-15-19/h8,10-11,14-15,18,20H,3-7,9,12-13,16-17,22H2,1-2H3/t18?,20-/m0/s1. The Hall–Kier alpha value is -1.39. The van der Waals surface area contributed by atoms with Crippen molar-refractivity contribution in [1.82, 2.24) is 0 Å². The molecule has 0 aromatic heterocycles. The number of hydrogen-bond acceptors (Lipinski definition) is 4. The quantitative estimate of drug-likeness (QED) is 0.403. The Morgan fingerprint density at radius 2 is 1.60 bits per heavy atom. The minimum absolute atomic E-state index is 0.295. The molecule has 0 bridgehead atoms. The van der Waals surface area contributed by atoms with Crippen LogP contribution in [0.2, 0.25) is 0 Å². The van der Waals surface area contributed by atoms with Gasteiger partial charge in [0.1, 0.15) is 6.04 Å². The summed E-state index contributed by atoms with van der Waals surface area (Å²) in [7, 11) is 1.77. The number of carbonyl (C=O) groups is 1. The lowest BCUT2D eigenvalue weighted by Crippen LogP contribution is -2.34. The van der Waals surface area contributed by atoms with Crippen molar-refractivity contribution in [2.45, 2.75) is 76.9 Å². The summed E-state index contributed by atoms with van der Waals surface area (Å²) in [5.41, 5.74) is 6.97. The normalized spacial score (nSPS) is 13.4. The van der Waals surface area contributed by atoms with E-state index in [0.717, 1.165) is 24.8 Å². The molecule has 0 spiro atoms. The van der Waals surface area contributed by atoms with Gasteiger partial charge in [-0.15, -0.1) is 0 Å². The van der Waals surface area contributed by atoms with Gasteiger partial charge in [-0.1, -0.05) is 68.9 Å². The maximum absolute atomic E-state index is 11.9. The fourth-order valence-electron chi connectivity index (χ4n) is 2.77. The van der Waals surface area contributed by atoms with Crippen LogP contribution < -0.4 is 5.73 Å². The van der Waals surface area contributed by atoms with E-state index in [1.807, 2.05) is 30.3 Å². The highest BCUT2D eigenvalue weighted by Gasteiger charge is 2.15. The van der Waals surface area contributed by atoms with Gasteiger partial charge in [-0.2, -0.15) is 0 Å². The van der Waals surface area contributed by atoms with Gasteiger partial charge in [-0.3, -0.25) is 4.79 Å². The number of unbranched alkanes of at least 4 members (excludes halogenated alkanes) is 6. The molecule has 0 saturated carbocycles. The van der Waals surface area contributed by atoms with Gasteiger partial charge in [0.05, 0.1) is 12.7 Å². The van der Waals surface area contributed by atoms with E-state index in [0.29, 0.717) is 19.1 Å². The molecule has 2 N–H and O–H groups in total. The van der Waals surface area contributed by atoms with Gasteiger partial charge in [-0.05, 0) is 31.7 Å². The van der Waals surface area contributed by atoms with E-state index >= 15 is 0 Å². The van der Waals surface area contributed by atoms with E-state index in [4.69, 9.17) is 15.2 Å². The maximum atomic E-state index is 11.9. The summed E-state index contributed by atoms with van der Waals surface area (Å²) >= 11 is 0. The van der Waals surface area contributed by atoms with Crippen LogP contribution in [0.15, 0.2) is 30.3 Å². The van der Waals surface area contributed by atoms with Crippen LogP contribution in [0.1, 0.15) is 63.9 Å². The van der Waals surface area contributed by atoms with E-state index in [1.54, 1.807) is 7.11 Å². The van der Waals surface area contributed by atoms with Gasteiger partial charge in [0.15, 0.2) is 0 Å². The number of carbonyl (C=O) groups excluding carboxylic acids is 1. The molecule has 1 rings (SSSR count). The van der Waals surface area contributed by atoms with Crippen LogP contribution in [0.5, 0.6) is 0 Å². The molecule has 2 atom stereocenters. The Kier molecular flexibility index (Phi) is 12.0. The average Bonchev–Trinajstić information content (AvgIpc) is 2.63.